The number of hydrogen-bond acceptors (Lipinski definition) is 4. The fraction of sp³-hybridized carbons (Fsp3) is 0.444. The van der Waals surface area contributed by atoms with Gasteiger partial charge in [0.05, 0.1) is 5.69 Å². The third-order valence-electron chi connectivity index (χ3n) is 2.19. The van der Waals surface area contributed by atoms with Gasteiger partial charge < -0.3 is 11.1 Å². The number of rotatable bonds is 2. The number of carbonyl (C=O) groups excluding carboxylic acids is 1. The average Bonchev–Trinajstić information content (AvgIpc) is 2.82. The van der Waals surface area contributed by atoms with E-state index in [9.17, 15) is 4.79 Å². The van der Waals surface area contributed by atoms with Gasteiger partial charge in [-0.2, -0.15) is 5.10 Å². The van der Waals surface area contributed by atoms with Crippen molar-refractivity contribution in [1.29, 1.82) is 0 Å². The molecular weight excluding hydrogens is 180 g/mol. The molecule has 1 fully saturated rings. The molecule has 1 aliphatic rings. The van der Waals surface area contributed by atoms with Crippen molar-refractivity contribution in [3.05, 3.63) is 23.5 Å². The Kier molecular flexibility index (Phi) is 2.17. The summed E-state index contributed by atoms with van der Waals surface area (Å²) in [4.78, 5) is 11.5. The Balaban J connectivity index is 2.00. The molecule has 2 rings (SSSR count). The van der Waals surface area contributed by atoms with Crippen molar-refractivity contribution in [3.63, 3.8) is 0 Å². The van der Waals surface area contributed by atoms with Crippen molar-refractivity contribution in [2.24, 2.45) is 5.73 Å². The number of aryl methyl sites for hydroxylation is 1. The standard InChI is InChI=1S/C9H12N4O/c1-5-2-3-7(13-12-5)9(14)11-8-4-6(8)10/h2-3,6,8H,4,10H2,1H3,(H,11,14). The Labute approximate surface area is 81.7 Å². The second-order valence-corrected chi connectivity index (χ2v) is 3.54. The zero-order valence-corrected chi connectivity index (χ0v) is 7.90. The number of carbonyl (C=O) groups is 1. The quantitative estimate of drug-likeness (QED) is 0.669. The molecule has 2 unspecified atom stereocenters. The van der Waals surface area contributed by atoms with Crippen LogP contribution in [-0.2, 0) is 0 Å². The van der Waals surface area contributed by atoms with Crippen molar-refractivity contribution in [1.82, 2.24) is 15.5 Å². The predicted molar refractivity (Wildman–Crippen MR) is 50.6 cm³/mol. The molecule has 0 spiro atoms. The van der Waals surface area contributed by atoms with Crippen LogP contribution in [0.4, 0.5) is 0 Å². The fourth-order valence-corrected chi connectivity index (χ4v) is 1.14. The largest absolute Gasteiger partial charge is 0.346 e. The van der Waals surface area contributed by atoms with Gasteiger partial charge in [0.25, 0.3) is 5.91 Å². The molecule has 1 aromatic rings. The van der Waals surface area contributed by atoms with E-state index in [2.05, 4.69) is 15.5 Å². The lowest BCUT2D eigenvalue weighted by Gasteiger charge is -2.01. The van der Waals surface area contributed by atoms with E-state index in [4.69, 9.17) is 5.73 Å². The number of nitrogens with zero attached hydrogens (tertiary/aromatic N) is 2. The minimum atomic E-state index is -0.199. The smallest absolute Gasteiger partial charge is 0.272 e. The average molecular weight is 192 g/mol. The van der Waals surface area contributed by atoms with Crippen LogP contribution in [0.3, 0.4) is 0 Å². The molecule has 0 radical (unpaired) electrons. The second-order valence-electron chi connectivity index (χ2n) is 3.54. The Bertz CT molecular complexity index is 348. The van der Waals surface area contributed by atoms with Gasteiger partial charge in [0.2, 0.25) is 0 Å². The van der Waals surface area contributed by atoms with Crippen LogP contribution in [-0.4, -0.2) is 28.2 Å². The number of aromatic nitrogens is 2. The van der Waals surface area contributed by atoms with Crippen LogP contribution in [0.2, 0.25) is 0 Å². The van der Waals surface area contributed by atoms with Gasteiger partial charge in [0.1, 0.15) is 0 Å². The highest BCUT2D eigenvalue weighted by Gasteiger charge is 2.35. The predicted octanol–water partition coefficient (Wildman–Crippen LogP) is -0.386. The first kappa shape index (κ1) is 9.08. The highest BCUT2D eigenvalue weighted by molar-refractivity contribution is 5.92. The van der Waals surface area contributed by atoms with Gasteiger partial charge in [-0.1, -0.05) is 0 Å². The van der Waals surface area contributed by atoms with E-state index in [-0.39, 0.29) is 18.0 Å². The van der Waals surface area contributed by atoms with Gasteiger partial charge >= 0.3 is 0 Å². The van der Waals surface area contributed by atoms with Crippen LogP contribution in [0.15, 0.2) is 12.1 Å². The third kappa shape index (κ3) is 1.88. The van der Waals surface area contributed by atoms with Crippen LogP contribution in [0, 0.1) is 6.92 Å². The maximum atomic E-state index is 11.5. The molecule has 1 amide bonds. The molecule has 1 saturated carbocycles. The molecule has 0 aliphatic heterocycles. The summed E-state index contributed by atoms with van der Waals surface area (Å²) in [5, 5.41) is 10.4. The van der Waals surface area contributed by atoms with Crippen LogP contribution in [0.1, 0.15) is 22.6 Å². The van der Waals surface area contributed by atoms with Crippen molar-refractivity contribution in [2.45, 2.75) is 25.4 Å². The van der Waals surface area contributed by atoms with Crippen LogP contribution >= 0.6 is 0 Å². The molecule has 74 valence electrons. The molecular formula is C9H12N4O. The molecule has 1 heterocycles. The number of nitrogens with one attached hydrogen (secondary N) is 1. The summed E-state index contributed by atoms with van der Waals surface area (Å²) < 4.78 is 0. The van der Waals surface area contributed by atoms with Crippen LogP contribution < -0.4 is 11.1 Å². The zero-order chi connectivity index (χ0) is 10.1. The lowest BCUT2D eigenvalue weighted by atomic mass is 10.3. The van der Waals surface area contributed by atoms with E-state index in [1.807, 2.05) is 6.92 Å². The Morgan fingerprint density at radius 3 is 2.79 bits per heavy atom. The van der Waals surface area contributed by atoms with E-state index in [0.717, 1.165) is 12.1 Å². The summed E-state index contributed by atoms with van der Waals surface area (Å²) in [7, 11) is 0. The van der Waals surface area contributed by atoms with E-state index in [0.29, 0.717) is 5.69 Å². The zero-order valence-electron chi connectivity index (χ0n) is 7.90. The van der Waals surface area contributed by atoms with Crippen molar-refractivity contribution >= 4 is 5.91 Å². The highest BCUT2D eigenvalue weighted by atomic mass is 16.2. The Morgan fingerprint density at radius 2 is 2.29 bits per heavy atom. The molecule has 5 nitrogen and oxygen atoms in total. The molecule has 5 heteroatoms. The molecule has 0 aromatic carbocycles. The van der Waals surface area contributed by atoms with Crippen LogP contribution in [0.25, 0.3) is 0 Å². The summed E-state index contributed by atoms with van der Waals surface area (Å²) in [5.74, 6) is -0.199. The van der Waals surface area contributed by atoms with Gasteiger partial charge in [0, 0.05) is 12.1 Å². The Hall–Kier alpha value is -1.49. The van der Waals surface area contributed by atoms with E-state index in [1.165, 1.54) is 0 Å². The first-order chi connectivity index (χ1) is 6.66. The summed E-state index contributed by atoms with van der Waals surface area (Å²) >= 11 is 0. The summed E-state index contributed by atoms with van der Waals surface area (Å²) in [6.07, 6.45) is 0.852. The Morgan fingerprint density at radius 1 is 1.57 bits per heavy atom. The lowest BCUT2D eigenvalue weighted by molar-refractivity contribution is 0.0944. The highest BCUT2D eigenvalue weighted by Crippen LogP contribution is 2.17. The molecule has 0 bridgehead atoms. The molecule has 0 saturated heterocycles. The van der Waals surface area contributed by atoms with Gasteiger partial charge in [-0.15, -0.1) is 5.10 Å². The van der Waals surface area contributed by atoms with Gasteiger partial charge in [-0.05, 0) is 25.5 Å². The number of amides is 1. The first-order valence-corrected chi connectivity index (χ1v) is 4.53. The normalized spacial score (nSPS) is 24.4. The number of hydrogen-bond donors (Lipinski definition) is 2. The van der Waals surface area contributed by atoms with Gasteiger partial charge in [0.15, 0.2) is 5.69 Å². The minimum absolute atomic E-state index is 0.109. The van der Waals surface area contributed by atoms with Gasteiger partial charge in [-0.3, -0.25) is 4.79 Å². The maximum absolute atomic E-state index is 11.5. The molecule has 3 N–H and O–H groups in total. The van der Waals surface area contributed by atoms with Gasteiger partial charge in [-0.25, -0.2) is 0 Å². The lowest BCUT2D eigenvalue weighted by Crippen LogP contribution is -2.30. The maximum Gasteiger partial charge on any atom is 0.272 e. The molecule has 1 aliphatic carbocycles. The summed E-state index contributed by atoms with van der Waals surface area (Å²) in [6, 6.07) is 3.64. The van der Waals surface area contributed by atoms with E-state index < -0.39 is 0 Å². The topological polar surface area (TPSA) is 80.9 Å². The molecule has 14 heavy (non-hydrogen) atoms. The summed E-state index contributed by atoms with van der Waals surface area (Å²) in [6.45, 7) is 1.82. The number of nitrogens with two attached hydrogens (primary N) is 1. The second kappa shape index (κ2) is 3.34. The fourth-order valence-electron chi connectivity index (χ4n) is 1.14. The van der Waals surface area contributed by atoms with E-state index >= 15 is 0 Å². The SMILES string of the molecule is Cc1ccc(C(=O)NC2CC2N)nn1. The monoisotopic (exact) mass is 192 g/mol. The van der Waals surface area contributed by atoms with E-state index in [1.54, 1.807) is 12.1 Å². The van der Waals surface area contributed by atoms with Crippen LogP contribution in [0.5, 0.6) is 0 Å². The van der Waals surface area contributed by atoms with Crippen molar-refractivity contribution in [3.8, 4) is 0 Å². The van der Waals surface area contributed by atoms with Crippen molar-refractivity contribution < 1.29 is 4.79 Å². The summed E-state index contributed by atoms with van der Waals surface area (Å²) in [5.41, 5.74) is 6.70. The third-order valence-corrected chi connectivity index (χ3v) is 2.19. The first-order valence-electron chi connectivity index (χ1n) is 4.53. The van der Waals surface area contributed by atoms with Crippen molar-refractivity contribution in [2.75, 3.05) is 0 Å². The minimum Gasteiger partial charge on any atom is -0.346 e. The molecule has 1 aromatic heterocycles. The molecule has 2 atom stereocenters.